The van der Waals surface area contributed by atoms with Gasteiger partial charge in [-0.2, -0.15) is 0 Å². The van der Waals surface area contributed by atoms with E-state index < -0.39 is 29.1 Å². The van der Waals surface area contributed by atoms with Crippen LogP contribution in [0.3, 0.4) is 0 Å². The lowest BCUT2D eigenvalue weighted by atomic mass is 10.1. The minimum Gasteiger partial charge on any atom is -0.465 e. The fourth-order valence-corrected chi connectivity index (χ4v) is 1.25. The first-order valence-corrected chi connectivity index (χ1v) is 5.17. The molecule has 0 aliphatic heterocycles. The van der Waals surface area contributed by atoms with E-state index in [-0.39, 0.29) is 5.56 Å². The molecule has 1 aromatic carbocycles. The summed E-state index contributed by atoms with van der Waals surface area (Å²) in [4.78, 5) is 34.5. The third-order valence-electron chi connectivity index (χ3n) is 2.21. The lowest BCUT2D eigenvalue weighted by molar-refractivity contribution is -0.144. The molecule has 0 spiro atoms. The minimum atomic E-state index is -0.984. The normalized spacial score (nSPS) is 9.42. The monoisotopic (exact) mass is 266 g/mol. The summed E-state index contributed by atoms with van der Waals surface area (Å²) in [5, 5.41) is 0. The van der Waals surface area contributed by atoms with E-state index in [9.17, 15) is 18.8 Å². The maximum absolute atomic E-state index is 12.7. The summed E-state index contributed by atoms with van der Waals surface area (Å²) in [6.45, 7) is 0. The number of rotatable bonds is 4. The molecule has 0 aromatic heterocycles. The molecule has 0 fully saturated rings. The van der Waals surface area contributed by atoms with Crippen molar-refractivity contribution in [2.75, 3.05) is 14.2 Å². The summed E-state index contributed by atoms with van der Waals surface area (Å²) in [6, 6.07) is 4.66. The van der Waals surface area contributed by atoms with Crippen molar-refractivity contribution in [2.45, 2.75) is 0 Å². The summed E-state index contributed by atoms with van der Waals surface area (Å²) in [5.41, 5.74) is -0.397. The fraction of sp³-hybridized carbons (Fsp3) is 0.154. The van der Waals surface area contributed by atoms with Crippen molar-refractivity contribution >= 4 is 17.7 Å². The Labute approximate surface area is 108 Å². The molecule has 6 heteroatoms. The molecule has 0 bridgehead atoms. The number of hydrogen-bond acceptors (Lipinski definition) is 5. The lowest BCUT2D eigenvalue weighted by Gasteiger charge is -2.03. The van der Waals surface area contributed by atoms with Crippen LogP contribution in [0.25, 0.3) is 0 Å². The van der Waals surface area contributed by atoms with E-state index in [1.165, 1.54) is 12.1 Å². The first-order chi connectivity index (χ1) is 8.99. The Morgan fingerprint density at radius 2 is 1.47 bits per heavy atom. The molecule has 0 aliphatic rings. The molecular formula is C13H11FO5. The predicted octanol–water partition coefficient (Wildman–Crippen LogP) is 1.28. The summed E-state index contributed by atoms with van der Waals surface area (Å²) in [7, 11) is 2.14. The largest absolute Gasteiger partial charge is 0.465 e. The molecule has 0 radical (unpaired) electrons. The van der Waals surface area contributed by atoms with E-state index in [1.54, 1.807) is 0 Å². The average molecular weight is 266 g/mol. The molecule has 100 valence electrons. The maximum Gasteiger partial charge on any atom is 0.345 e. The zero-order valence-electron chi connectivity index (χ0n) is 10.3. The van der Waals surface area contributed by atoms with Crippen LogP contribution in [0.5, 0.6) is 0 Å². The average Bonchev–Trinajstić information content (AvgIpc) is 2.43. The molecule has 1 rings (SSSR count). The number of carbonyl (C=O) groups is 3. The highest BCUT2D eigenvalue weighted by Crippen LogP contribution is 2.08. The Hall–Kier alpha value is -2.50. The fourth-order valence-electron chi connectivity index (χ4n) is 1.25. The Balaban J connectivity index is 3.08. The van der Waals surface area contributed by atoms with E-state index in [0.717, 1.165) is 32.4 Å². The van der Waals surface area contributed by atoms with Crippen LogP contribution in [-0.4, -0.2) is 31.9 Å². The molecule has 0 heterocycles. The van der Waals surface area contributed by atoms with Gasteiger partial charge in [-0.1, -0.05) is 0 Å². The SMILES string of the molecule is COC(=O)C(=CC(=O)c1ccc(F)cc1)C(=O)OC. The highest BCUT2D eigenvalue weighted by molar-refractivity contribution is 6.20. The van der Waals surface area contributed by atoms with Crippen LogP contribution >= 0.6 is 0 Å². The zero-order chi connectivity index (χ0) is 14.4. The van der Waals surface area contributed by atoms with Gasteiger partial charge in [-0.3, -0.25) is 4.79 Å². The number of methoxy groups -OCH3 is 2. The summed E-state index contributed by atoms with van der Waals surface area (Å²) >= 11 is 0. The van der Waals surface area contributed by atoms with Gasteiger partial charge in [0.15, 0.2) is 5.78 Å². The molecule has 0 N–H and O–H groups in total. The van der Waals surface area contributed by atoms with Gasteiger partial charge in [-0.25, -0.2) is 14.0 Å². The van der Waals surface area contributed by atoms with Gasteiger partial charge in [0.2, 0.25) is 0 Å². The minimum absolute atomic E-state index is 0.131. The summed E-state index contributed by atoms with van der Waals surface area (Å²) in [5.74, 6) is -3.10. The molecule has 19 heavy (non-hydrogen) atoms. The number of esters is 2. The molecule has 0 unspecified atom stereocenters. The third kappa shape index (κ3) is 3.74. The topological polar surface area (TPSA) is 69.7 Å². The van der Waals surface area contributed by atoms with Gasteiger partial charge in [0.1, 0.15) is 11.4 Å². The molecule has 0 amide bonds. The van der Waals surface area contributed by atoms with Gasteiger partial charge >= 0.3 is 11.9 Å². The zero-order valence-corrected chi connectivity index (χ0v) is 10.3. The Bertz CT molecular complexity index is 512. The number of ether oxygens (including phenoxy) is 2. The predicted molar refractivity (Wildman–Crippen MR) is 62.8 cm³/mol. The molecular weight excluding hydrogens is 255 g/mol. The summed E-state index contributed by atoms with van der Waals surface area (Å²) in [6.07, 6.45) is 0.797. The Kier molecular flexibility index (Phi) is 4.93. The molecule has 0 saturated carbocycles. The van der Waals surface area contributed by atoms with Crippen LogP contribution in [0.2, 0.25) is 0 Å². The number of halogens is 1. The van der Waals surface area contributed by atoms with Crippen molar-refractivity contribution < 1.29 is 28.2 Å². The second kappa shape index (κ2) is 6.44. The van der Waals surface area contributed by atoms with Crippen molar-refractivity contribution in [1.29, 1.82) is 0 Å². The van der Waals surface area contributed by atoms with E-state index in [1.807, 2.05) is 0 Å². The standard InChI is InChI=1S/C13H11FO5/c1-18-12(16)10(13(17)19-2)7-11(15)8-3-5-9(14)6-4-8/h3-7H,1-2H3. The maximum atomic E-state index is 12.7. The highest BCUT2D eigenvalue weighted by atomic mass is 19.1. The Morgan fingerprint density at radius 3 is 1.89 bits per heavy atom. The second-order valence-corrected chi connectivity index (χ2v) is 3.41. The van der Waals surface area contributed by atoms with Crippen molar-refractivity contribution in [2.24, 2.45) is 0 Å². The van der Waals surface area contributed by atoms with Crippen LogP contribution in [0.1, 0.15) is 10.4 Å². The highest BCUT2D eigenvalue weighted by Gasteiger charge is 2.21. The third-order valence-corrected chi connectivity index (χ3v) is 2.21. The van der Waals surface area contributed by atoms with Crippen molar-refractivity contribution in [3.8, 4) is 0 Å². The van der Waals surface area contributed by atoms with E-state index in [0.29, 0.717) is 0 Å². The van der Waals surface area contributed by atoms with Gasteiger partial charge in [0.05, 0.1) is 14.2 Å². The molecule has 0 atom stereocenters. The lowest BCUT2D eigenvalue weighted by Crippen LogP contribution is -2.17. The van der Waals surface area contributed by atoms with Gasteiger partial charge in [0.25, 0.3) is 0 Å². The first kappa shape index (κ1) is 14.6. The van der Waals surface area contributed by atoms with Crippen molar-refractivity contribution in [1.82, 2.24) is 0 Å². The molecule has 0 aliphatic carbocycles. The number of benzene rings is 1. The second-order valence-electron chi connectivity index (χ2n) is 3.41. The molecule has 0 saturated heterocycles. The molecule has 5 nitrogen and oxygen atoms in total. The smallest absolute Gasteiger partial charge is 0.345 e. The van der Waals surface area contributed by atoms with Gasteiger partial charge < -0.3 is 9.47 Å². The number of hydrogen-bond donors (Lipinski definition) is 0. The first-order valence-electron chi connectivity index (χ1n) is 5.17. The van der Waals surface area contributed by atoms with Gasteiger partial charge in [-0.05, 0) is 24.3 Å². The van der Waals surface area contributed by atoms with E-state index in [2.05, 4.69) is 9.47 Å². The van der Waals surface area contributed by atoms with E-state index >= 15 is 0 Å². The van der Waals surface area contributed by atoms with Gasteiger partial charge in [0, 0.05) is 11.6 Å². The van der Waals surface area contributed by atoms with Gasteiger partial charge in [-0.15, -0.1) is 0 Å². The quantitative estimate of drug-likeness (QED) is 0.270. The van der Waals surface area contributed by atoms with Crippen molar-refractivity contribution in [3.63, 3.8) is 0 Å². The van der Waals surface area contributed by atoms with Crippen LogP contribution < -0.4 is 0 Å². The van der Waals surface area contributed by atoms with Crippen LogP contribution in [0.4, 0.5) is 4.39 Å². The van der Waals surface area contributed by atoms with Crippen LogP contribution in [0.15, 0.2) is 35.9 Å². The van der Waals surface area contributed by atoms with E-state index in [4.69, 9.17) is 0 Å². The number of allylic oxidation sites excluding steroid dienone is 1. The van der Waals surface area contributed by atoms with Crippen molar-refractivity contribution in [3.05, 3.63) is 47.3 Å². The summed E-state index contributed by atoms with van der Waals surface area (Å²) < 4.78 is 21.4. The van der Waals surface area contributed by atoms with Crippen LogP contribution in [0, 0.1) is 5.82 Å². The molecule has 1 aromatic rings. The number of carbonyl (C=O) groups excluding carboxylic acids is 3. The Morgan fingerprint density at radius 1 is 1.00 bits per heavy atom. The number of ketones is 1. The van der Waals surface area contributed by atoms with Crippen LogP contribution in [-0.2, 0) is 19.1 Å².